The normalized spacial score (nSPS) is 14.1. The molecule has 0 spiro atoms. The van der Waals surface area contributed by atoms with Crippen LogP contribution in [-0.2, 0) is 17.2 Å². The van der Waals surface area contributed by atoms with Gasteiger partial charge in [0.05, 0.1) is 5.57 Å². The average molecular weight is 657 g/mol. The SMILES string of the molecule is CC1=C(C(=O)Nc2ccc(C)cc2C)C(c2ccc(OCc3ccccc3Cl)cc2)n2nc(SCc3ccccc3Cl)nc2N1. The molecule has 0 saturated carbocycles. The van der Waals surface area contributed by atoms with Gasteiger partial charge in [0, 0.05) is 32.7 Å². The number of hydrogen-bond acceptors (Lipinski definition) is 6. The second kappa shape index (κ2) is 13.4. The number of hydrogen-bond donors (Lipinski definition) is 2. The smallest absolute Gasteiger partial charge is 0.255 e. The predicted molar refractivity (Wildman–Crippen MR) is 182 cm³/mol. The van der Waals surface area contributed by atoms with Crippen molar-refractivity contribution in [3.8, 4) is 5.75 Å². The van der Waals surface area contributed by atoms with Crippen LogP contribution in [0.2, 0.25) is 10.0 Å². The van der Waals surface area contributed by atoms with Gasteiger partial charge in [0.25, 0.3) is 5.91 Å². The molecular weight excluding hydrogens is 625 g/mol. The largest absolute Gasteiger partial charge is 0.489 e. The summed E-state index contributed by atoms with van der Waals surface area (Å²) in [5.41, 5.74) is 6.87. The Morgan fingerprint density at radius 2 is 1.62 bits per heavy atom. The number of nitrogens with zero attached hydrogens (tertiary/aromatic N) is 3. The number of anilines is 2. The molecule has 45 heavy (non-hydrogen) atoms. The van der Waals surface area contributed by atoms with Crippen LogP contribution in [0.1, 0.15) is 40.8 Å². The number of aromatic nitrogens is 3. The summed E-state index contributed by atoms with van der Waals surface area (Å²) in [6.45, 7) is 6.25. The Kier molecular flexibility index (Phi) is 9.16. The molecule has 7 nitrogen and oxygen atoms in total. The van der Waals surface area contributed by atoms with Crippen LogP contribution in [0.5, 0.6) is 5.75 Å². The molecule has 2 N–H and O–H groups in total. The summed E-state index contributed by atoms with van der Waals surface area (Å²) >= 11 is 14.2. The van der Waals surface area contributed by atoms with Crippen molar-refractivity contribution in [2.75, 3.05) is 10.6 Å². The molecule has 2 heterocycles. The van der Waals surface area contributed by atoms with Gasteiger partial charge in [0.1, 0.15) is 18.4 Å². The lowest BCUT2D eigenvalue weighted by atomic mass is 9.94. The van der Waals surface area contributed by atoms with Crippen LogP contribution < -0.4 is 15.4 Å². The number of amides is 1. The lowest BCUT2D eigenvalue weighted by Gasteiger charge is -2.29. The topological polar surface area (TPSA) is 81.1 Å². The third kappa shape index (κ3) is 6.88. The van der Waals surface area contributed by atoms with E-state index < -0.39 is 6.04 Å². The van der Waals surface area contributed by atoms with Gasteiger partial charge in [-0.3, -0.25) is 4.79 Å². The molecule has 1 aromatic heterocycles. The maximum atomic E-state index is 14.0. The minimum absolute atomic E-state index is 0.220. The zero-order valence-corrected chi connectivity index (χ0v) is 27.3. The maximum Gasteiger partial charge on any atom is 0.255 e. The molecule has 4 aromatic carbocycles. The van der Waals surface area contributed by atoms with Crippen molar-refractivity contribution < 1.29 is 9.53 Å². The molecule has 1 unspecified atom stereocenters. The van der Waals surface area contributed by atoms with E-state index in [0.717, 1.165) is 33.5 Å². The highest BCUT2D eigenvalue weighted by Crippen LogP contribution is 2.38. The fourth-order valence-electron chi connectivity index (χ4n) is 5.22. The highest BCUT2D eigenvalue weighted by molar-refractivity contribution is 7.98. The number of halogens is 2. The zero-order chi connectivity index (χ0) is 31.5. The number of rotatable bonds is 9. The average Bonchev–Trinajstić information content (AvgIpc) is 3.43. The molecule has 10 heteroatoms. The second-order valence-electron chi connectivity index (χ2n) is 10.8. The molecular formula is C35H31Cl2N5O2S. The molecule has 228 valence electrons. The Bertz CT molecular complexity index is 1900. The molecule has 1 atom stereocenters. The summed E-state index contributed by atoms with van der Waals surface area (Å²) in [6, 6.07) is 28.5. The van der Waals surface area contributed by atoms with Crippen molar-refractivity contribution in [2.24, 2.45) is 0 Å². The zero-order valence-electron chi connectivity index (χ0n) is 25.0. The molecule has 0 aliphatic carbocycles. The van der Waals surface area contributed by atoms with Crippen LogP contribution in [0, 0.1) is 13.8 Å². The van der Waals surface area contributed by atoms with E-state index in [0.29, 0.717) is 50.5 Å². The molecule has 0 saturated heterocycles. The Morgan fingerprint density at radius 3 is 2.31 bits per heavy atom. The van der Waals surface area contributed by atoms with E-state index in [9.17, 15) is 4.79 Å². The lowest BCUT2D eigenvalue weighted by molar-refractivity contribution is -0.113. The molecule has 1 amide bonds. The summed E-state index contributed by atoms with van der Waals surface area (Å²) in [5.74, 6) is 1.63. The third-order valence-corrected chi connectivity index (χ3v) is 9.19. The summed E-state index contributed by atoms with van der Waals surface area (Å²) < 4.78 is 7.81. The summed E-state index contributed by atoms with van der Waals surface area (Å²) in [6.07, 6.45) is 0. The van der Waals surface area contributed by atoms with Crippen LogP contribution in [0.4, 0.5) is 11.6 Å². The number of fused-ring (bicyclic) bond motifs is 1. The number of carbonyl (C=O) groups is 1. The van der Waals surface area contributed by atoms with Gasteiger partial charge < -0.3 is 15.4 Å². The molecule has 0 bridgehead atoms. The van der Waals surface area contributed by atoms with Crippen molar-refractivity contribution in [2.45, 2.75) is 44.3 Å². The predicted octanol–water partition coefficient (Wildman–Crippen LogP) is 9.00. The van der Waals surface area contributed by atoms with Gasteiger partial charge in [-0.25, -0.2) is 4.68 Å². The van der Waals surface area contributed by atoms with Crippen molar-refractivity contribution in [3.05, 3.63) is 140 Å². The first kappa shape index (κ1) is 30.8. The van der Waals surface area contributed by atoms with Gasteiger partial charge in [-0.05, 0) is 67.8 Å². The van der Waals surface area contributed by atoms with Crippen LogP contribution in [0.3, 0.4) is 0 Å². The molecule has 0 radical (unpaired) electrons. The van der Waals surface area contributed by atoms with Gasteiger partial charge in [-0.2, -0.15) is 4.98 Å². The van der Waals surface area contributed by atoms with E-state index in [1.165, 1.54) is 11.8 Å². The van der Waals surface area contributed by atoms with Gasteiger partial charge in [-0.15, -0.1) is 5.10 Å². The third-order valence-electron chi connectivity index (χ3n) is 7.57. The highest BCUT2D eigenvalue weighted by atomic mass is 35.5. The van der Waals surface area contributed by atoms with E-state index in [1.54, 1.807) is 4.68 Å². The first-order valence-electron chi connectivity index (χ1n) is 14.4. The number of ether oxygens (including phenoxy) is 1. The second-order valence-corrected chi connectivity index (χ2v) is 12.6. The quantitative estimate of drug-likeness (QED) is 0.154. The number of benzene rings is 4. The number of allylic oxidation sites excluding steroid dienone is 1. The van der Waals surface area contributed by atoms with Crippen LogP contribution in [0.15, 0.2) is 107 Å². The summed E-state index contributed by atoms with van der Waals surface area (Å²) in [7, 11) is 0. The summed E-state index contributed by atoms with van der Waals surface area (Å²) in [5, 5.41) is 13.2. The fourth-order valence-corrected chi connectivity index (χ4v) is 6.52. The number of nitrogens with one attached hydrogen (secondary N) is 2. The Labute approximate surface area is 276 Å². The molecule has 0 fully saturated rings. The van der Waals surface area contributed by atoms with Crippen molar-refractivity contribution in [1.29, 1.82) is 0 Å². The fraction of sp³-hybridized carbons (Fsp3) is 0.171. The van der Waals surface area contributed by atoms with E-state index >= 15 is 0 Å². The van der Waals surface area contributed by atoms with Crippen LogP contribution in [0.25, 0.3) is 0 Å². The molecule has 1 aliphatic heterocycles. The number of thioether (sulfide) groups is 1. The van der Waals surface area contributed by atoms with Crippen LogP contribution >= 0.6 is 35.0 Å². The monoisotopic (exact) mass is 655 g/mol. The van der Waals surface area contributed by atoms with Gasteiger partial charge in [0.15, 0.2) is 0 Å². The molecule has 6 rings (SSSR count). The van der Waals surface area contributed by atoms with Gasteiger partial charge >= 0.3 is 0 Å². The van der Waals surface area contributed by atoms with Crippen molar-refractivity contribution in [3.63, 3.8) is 0 Å². The van der Waals surface area contributed by atoms with E-state index in [2.05, 4.69) is 10.6 Å². The minimum atomic E-state index is -0.535. The van der Waals surface area contributed by atoms with Crippen molar-refractivity contribution >= 4 is 52.5 Å². The first-order valence-corrected chi connectivity index (χ1v) is 16.2. The Hall–Kier alpha value is -4.24. The summed E-state index contributed by atoms with van der Waals surface area (Å²) in [4.78, 5) is 18.8. The number of carbonyl (C=O) groups excluding carboxylic acids is 1. The molecule has 1 aliphatic rings. The van der Waals surface area contributed by atoms with E-state index in [4.69, 9.17) is 38.0 Å². The Balaban J connectivity index is 1.31. The minimum Gasteiger partial charge on any atom is -0.489 e. The van der Waals surface area contributed by atoms with E-state index in [-0.39, 0.29) is 5.91 Å². The Morgan fingerprint density at radius 1 is 0.933 bits per heavy atom. The first-order chi connectivity index (χ1) is 21.8. The van der Waals surface area contributed by atoms with Gasteiger partial charge in [-0.1, -0.05) is 101 Å². The van der Waals surface area contributed by atoms with Crippen LogP contribution in [-0.4, -0.2) is 20.7 Å². The standard InChI is InChI=1S/C35H31Cl2N5O2S/c1-21-12-17-30(22(2)18-21)39-33(43)31-23(3)38-34-40-35(45-20-26-9-5-7-11-29(26)37)41-42(34)32(31)24-13-15-27(16-14-24)44-19-25-8-4-6-10-28(25)36/h4-18,32H,19-20H2,1-3H3,(H,39,43)(H,38,40,41). The van der Waals surface area contributed by atoms with Crippen molar-refractivity contribution in [1.82, 2.24) is 14.8 Å². The van der Waals surface area contributed by atoms with E-state index in [1.807, 2.05) is 112 Å². The maximum absolute atomic E-state index is 14.0. The van der Waals surface area contributed by atoms with Gasteiger partial charge in [0.2, 0.25) is 11.1 Å². The lowest BCUT2D eigenvalue weighted by Crippen LogP contribution is -2.31. The highest BCUT2D eigenvalue weighted by Gasteiger charge is 2.34. The molecule has 5 aromatic rings. The number of aryl methyl sites for hydroxylation is 2.